The summed E-state index contributed by atoms with van der Waals surface area (Å²) >= 11 is 3.21. The zero-order valence-corrected chi connectivity index (χ0v) is 18.1. The first-order valence-corrected chi connectivity index (χ1v) is 10.2. The Morgan fingerprint density at radius 1 is 1.06 bits per heavy atom. The minimum absolute atomic E-state index is 0.0397. The molecule has 0 radical (unpaired) electrons. The molecular formula is C23H18BrFN2O4. The van der Waals surface area contributed by atoms with Gasteiger partial charge in [0.05, 0.1) is 16.6 Å². The van der Waals surface area contributed by atoms with E-state index < -0.39 is 11.8 Å². The van der Waals surface area contributed by atoms with Crippen molar-refractivity contribution in [2.45, 2.75) is 20.1 Å². The number of fused-ring (bicyclic) bond motifs is 1. The Labute approximate surface area is 185 Å². The number of hydrogen-bond donors (Lipinski definition) is 2. The van der Waals surface area contributed by atoms with Gasteiger partial charge in [-0.15, -0.1) is 0 Å². The van der Waals surface area contributed by atoms with Crippen LogP contribution < -0.4 is 9.47 Å². The highest BCUT2D eigenvalue weighted by Gasteiger charge is 2.13. The molecule has 0 atom stereocenters. The second-order valence-corrected chi connectivity index (χ2v) is 7.90. The minimum Gasteiger partial charge on any atom is -0.485 e. The second-order valence-electron chi connectivity index (χ2n) is 6.98. The molecule has 0 saturated heterocycles. The molecule has 1 heterocycles. The van der Waals surface area contributed by atoms with Gasteiger partial charge in [-0.25, -0.2) is 14.2 Å². The Morgan fingerprint density at radius 3 is 2.65 bits per heavy atom. The van der Waals surface area contributed by atoms with Gasteiger partial charge in [0.1, 0.15) is 24.9 Å². The van der Waals surface area contributed by atoms with Crippen LogP contribution in [0, 0.1) is 12.7 Å². The summed E-state index contributed by atoms with van der Waals surface area (Å²) in [4.78, 5) is 19.0. The molecule has 2 N–H and O–H groups in total. The van der Waals surface area contributed by atoms with Crippen LogP contribution in [0.4, 0.5) is 4.39 Å². The van der Waals surface area contributed by atoms with Crippen molar-refractivity contribution in [3.05, 3.63) is 87.4 Å². The molecule has 0 bridgehead atoms. The smallest absolute Gasteiger partial charge is 0.335 e. The molecule has 0 saturated carbocycles. The molecule has 4 rings (SSSR count). The van der Waals surface area contributed by atoms with Crippen LogP contribution in [-0.4, -0.2) is 21.0 Å². The normalized spacial score (nSPS) is 10.9. The van der Waals surface area contributed by atoms with Gasteiger partial charge in [-0.05, 0) is 55.0 Å². The third kappa shape index (κ3) is 4.86. The Balaban J connectivity index is 1.54. The quantitative estimate of drug-likeness (QED) is 0.355. The number of aryl methyl sites for hydroxylation is 1. The summed E-state index contributed by atoms with van der Waals surface area (Å²) in [5.41, 5.74) is 3.22. The highest BCUT2D eigenvalue weighted by atomic mass is 79.9. The molecule has 0 amide bonds. The first-order chi connectivity index (χ1) is 14.9. The number of ether oxygens (including phenoxy) is 2. The average Bonchev–Trinajstić information content (AvgIpc) is 3.13. The molecule has 158 valence electrons. The van der Waals surface area contributed by atoms with E-state index in [9.17, 15) is 14.3 Å². The number of imidazole rings is 1. The Kier molecular flexibility index (Phi) is 5.90. The summed E-state index contributed by atoms with van der Waals surface area (Å²) in [6, 6.07) is 14.8. The van der Waals surface area contributed by atoms with Crippen molar-refractivity contribution in [2.24, 2.45) is 0 Å². The van der Waals surface area contributed by atoms with Crippen molar-refractivity contribution in [3.8, 4) is 11.5 Å². The fourth-order valence-corrected chi connectivity index (χ4v) is 3.39. The lowest BCUT2D eigenvalue weighted by Gasteiger charge is -2.13. The molecule has 1 aromatic heterocycles. The van der Waals surface area contributed by atoms with Gasteiger partial charge >= 0.3 is 5.97 Å². The highest BCUT2D eigenvalue weighted by molar-refractivity contribution is 9.10. The minimum atomic E-state index is -1.10. The lowest BCUT2D eigenvalue weighted by molar-refractivity contribution is 0.0696. The van der Waals surface area contributed by atoms with Gasteiger partial charge in [0.25, 0.3) is 0 Å². The largest absolute Gasteiger partial charge is 0.485 e. The number of H-pyrrole nitrogens is 1. The van der Waals surface area contributed by atoms with E-state index in [2.05, 4.69) is 25.9 Å². The number of halogens is 2. The second kappa shape index (κ2) is 8.77. The molecule has 4 aromatic rings. The molecule has 6 nitrogen and oxygen atoms in total. The van der Waals surface area contributed by atoms with Gasteiger partial charge in [-0.2, -0.15) is 0 Å². The summed E-state index contributed by atoms with van der Waals surface area (Å²) < 4.78 is 26.3. The van der Waals surface area contributed by atoms with E-state index in [1.165, 1.54) is 24.3 Å². The van der Waals surface area contributed by atoms with Crippen molar-refractivity contribution >= 4 is 32.9 Å². The van der Waals surface area contributed by atoms with Crippen molar-refractivity contribution in [1.82, 2.24) is 9.97 Å². The van der Waals surface area contributed by atoms with Crippen LogP contribution in [0.3, 0.4) is 0 Å². The molecule has 0 unspecified atom stereocenters. The average molecular weight is 485 g/mol. The molecule has 3 aromatic carbocycles. The molecule has 0 fully saturated rings. The molecule has 0 aliphatic heterocycles. The SMILES string of the molecule is Cc1ccc2nc(COc3ccc(C(=O)O)cc3OCc3ccc(Br)cc3F)[nH]c2c1. The van der Waals surface area contributed by atoms with E-state index in [0.29, 0.717) is 21.6 Å². The molecule has 31 heavy (non-hydrogen) atoms. The fraction of sp³-hybridized carbons (Fsp3) is 0.130. The molecule has 0 spiro atoms. The summed E-state index contributed by atoms with van der Waals surface area (Å²) in [5.74, 6) is -0.371. The zero-order valence-electron chi connectivity index (χ0n) is 16.5. The lowest BCUT2D eigenvalue weighted by atomic mass is 10.2. The van der Waals surface area contributed by atoms with Crippen LogP contribution in [-0.2, 0) is 13.2 Å². The summed E-state index contributed by atoms with van der Waals surface area (Å²) in [6.07, 6.45) is 0. The van der Waals surface area contributed by atoms with Gasteiger partial charge in [0.2, 0.25) is 0 Å². The summed E-state index contributed by atoms with van der Waals surface area (Å²) in [5, 5.41) is 9.29. The number of nitrogens with one attached hydrogen (secondary N) is 1. The number of aromatic carboxylic acids is 1. The van der Waals surface area contributed by atoms with Crippen molar-refractivity contribution in [2.75, 3.05) is 0 Å². The number of benzene rings is 3. The van der Waals surface area contributed by atoms with Crippen LogP contribution in [0.5, 0.6) is 11.5 Å². The maximum absolute atomic E-state index is 14.1. The fourth-order valence-electron chi connectivity index (χ4n) is 3.06. The van der Waals surface area contributed by atoms with Crippen LogP contribution in [0.25, 0.3) is 11.0 Å². The highest BCUT2D eigenvalue weighted by Crippen LogP contribution is 2.30. The van der Waals surface area contributed by atoms with Crippen molar-refractivity contribution < 1.29 is 23.8 Å². The van der Waals surface area contributed by atoms with E-state index in [1.807, 2.05) is 25.1 Å². The summed E-state index contributed by atoms with van der Waals surface area (Å²) in [6.45, 7) is 2.05. The van der Waals surface area contributed by atoms with Crippen LogP contribution in [0.1, 0.15) is 27.3 Å². The van der Waals surface area contributed by atoms with Crippen LogP contribution >= 0.6 is 15.9 Å². The van der Waals surface area contributed by atoms with Gasteiger partial charge in [0, 0.05) is 10.0 Å². The number of hydrogen-bond acceptors (Lipinski definition) is 4. The van der Waals surface area contributed by atoms with Crippen LogP contribution in [0.15, 0.2) is 59.1 Å². The number of rotatable bonds is 7. The predicted octanol–water partition coefficient (Wildman–Crippen LogP) is 5.63. The standard InChI is InChI=1S/C23H18BrFN2O4/c1-13-2-6-18-19(8-13)27-22(26-18)12-31-20-7-4-14(23(28)29)9-21(20)30-11-15-3-5-16(24)10-17(15)25/h2-10H,11-12H2,1H3,(H,26,27)(H,28,29). The first-order valence-electron chi connectivity index (χ1n) is 9.41. The third-order valence-electron chi connectivity index (χ3n) is 4.64. The van der Waals surface area contributed by atoms with Crippen molar-refractivity contribution in [3.63, 3.8) is 0 Å². The molecule has 8 heteroatoms. The Bertz CT molecular complexity index is 1270. The van der Waals surface area contributed by atoms with Crippen LogP contribution in [0.2, 0.25) is 0 Å². The van der Waals surface area contributed by atoms with E-state index in [0.717, 1.165) is 16.6 Å². The molecule has 0 aliphatic rings. The number of aromatic amines is 1. The number of carboxylic acid groups (broad SMARTS) is 1. The molecular weight excluding hydrogens is 467 g/mol. The number of aromatic nitrogens is 2. The molecule has 0 aliphatic carbocycles. The summed E-state index contributed by atoms with van der Waals surface area (Å²) in [7, 11) is 0. The number of carbonyl (C=O) groups is 1. The maximum atomic E-state index is 14.1. The first kappa shape index (κ1) is 20.9. The van der Waals surface area contributed by atoms with Gasteiger partial charge < -0.3 is 19.6 Å². The van der Waals surface area contributed by atoms with Gasteiger partial charge in [-0.3, -0.25) is 0 Å². The van der Waals surface area contributed by atoms with Gasteiger partial charge in [0.15, 0.2) is 11.5 Å². The maximum Gasteiger partial charge on any atom is 0.335 e. The van der Waals surface area contributed by atoms with E-state index in [4.69, 9.17) is 9.47 Å². The number of nitrogens with zero attached hydrogens (tertiary/aromatic N) is 1. The number of carboxylic acids is 1. The van der Waals surface area contributed by atoms with E-state index >= 15 is 0 Å². The monoisotopic (exact) mass is 484 g/mol. The zero-order chi connectivity index (χ0) is 22.0. The van der Waals surface area contributed by atoms with E-state index in [-0.39, 0.29) is 24.5 Å². The topological polar surface area (TPSA) is 84.4 Å². The lowest BCUT2D eigenvalue weighted by Crippen LogP contribution is -2.04. The van der Waals surface area contributed by atoms with Gasteiger partial charge in [-0.1, -0.05) is 28.1 Å². The third-order valence-corrected chi connectivity index (χ3v) is 5.13. The van der Waals surface area contributed by atoms with Crippen molar-refractivity contribution in [1.29, 1.82) is 0 Å². The Morgan fingerprint density at radius 2 is 1.87 bits per heavy atom. The Hall–Kier alpha value is -3.39. The predicted molar refractivity (Wildman–Crippen MR) is 117 cm³/mol. The van der Waals surface area contributed by atoms with E-state index in [1.54, 1.807) is 12.1 Å².